The summed E-state index contributed by atoms with van der Waals surface area (Å²) in [6.07, 6.45) is 5.75. The van der Waals surface area contributed by atoms with Crippen LogP contribution in [0.4, 0.5) is 0 Å². The van der Waals surface area contributed by atoms with Crippen LogP contribution in [0.15, 0.2) is 41.3 Å². The van der Waals surface area contributed by atoms with E-state index in [9.17, 15) is 13.2 Å². The zero-order valence-corrected chi connectivity index (χ0v) is 20.4. The molecule has 1 aliphatic carbocycles. The second kappa shape index (κ2) is 9.58. The summed E-state index contributed by atoms with van der Waals surface area (Å²) in [5.41, 5.74) is 3.97. The number of rotatable bonds is 5. The average molecular weight is 485 g/mol. The van der Waals surface area contributed by atoms with Crippen molar-refractivity contribution in [3.8, 4) is 11.5 Å². The van der Waals surface area contributed by atoms with Gasteiger partial charge in [0.2, 0.25) is 15.9 Å². The molecular weight excluding hydrogens is 452 g/mol. The monoisotopic (exact) mass is 484 g/mol. The van der Waals surface area contributed by atoms with Crippen molar-refractivity contribution in [2.24, 2.45) is 5.92 Å². The summed E-state index contributed by atoms with van der Waals surface area (Å²) in [6.45, 7) is 3.52. The molecule has 2 aliphatic heterocycles. The van der Waals surface area contributed by atoms with Gasteiger partial charge >= 0.3 is 0 Å². The highest BCUT2D eigenvalue weighted by Gasteiger charge is 2.33. The van der Waals surface area contributed by atoms with E-state index in [4.69, 9.17) is 9.47 Å². The molecule has 0 saturated carbocycles. The number of amides is 1. The molecule has 182 valence electrons. The molecule has 2 aromatic rings. The van der Waals surface area contributed by atoms with Crippen LogP contribution in [0.3, 0.4) is 0 Å². The largest absolute Gasteiger partial charge is 0.486 e. The molecule has 7 nitrogen and oxygen atoms in total. The van der Waals surface area contributed by atoms with Gasteiger partial charge in [-0.1, -0.05) is 18.2 Å². The van der Waals surface area contributed by atoms with Gasteiger partial charge in [-0.05, 0) is 74.3 Å². The number of sulfonamides is 1. The zero-order valence-electron chi connectivity index (χ0n) is 19.6. The van der Waals surface area contributed by atoms with Gasteiger partial charge in [0.1, 0.15) is 13.2 Å². The minimum Gasteiger partial charge on any atom is -0.486 e. The van der Waals surface area contributed by atoms with E-state index < -0.39 is 10.0 Å². The lowest BCUT2D eigenvalue weighted by atomic mass is 9.89. The Labute approximate surface area is 201 Å². The number of nitrogens with one attached hydrogen (secondary N) is 1. The first-order valence-corrected chi connectivity index (χ1v) is 13.7. The molecule has 1 atom stereocenters. The van der Waals surface area contributed by atoms with Crippen LogP contribution in [0.2, 0.25) is 0 Å². The highest BCUT2D eigenvalue weighted by atomic mass is 32.2. The maximum atomic E-state index is 13.2. The number of piperidine rings is 1. The van der Waals surface area contributed by atoms with E-state index in [1.807, 2.05) is 6.92 Å². The minimum absolute atomic E-state index is 0.00148. The Kier molecular flexibility index (Phi) is 6.53. The summed E-state index contributed by atoms with van der Waals surface area (Å²) in [6, 6.07) is 11.2. The lowest BCUT2D eigenvalue weighted by Gasteiger charge is -2.31. The molecule has 0 radical (unpaired) electrons. The maximum Gasteiger partial charge on any atom is 0.243 e. The third-order valence-electron chi connectivity index (χ3n) is 7.21. The minimum atomic E-state index is -3.65. The predicted octanol–water partition coefficient (Wildman–Crippen LogP) is 3.61. The van der Waals surface area contributed by atoms with Crippen LogP contribution in [0, 0.1) is 5.92 Å². The van der Waals surface area contributed by atoms with E-state index in [0.717, 1.165) is 18.4 Å². The van der Waals surface area contributed by atoms with Gasteiger partial charge < -0.3 is 14.8 Å². The molecule has 3 aliphatic rings. The number of carbonyl (C=O) groups excluding carboxylic acids is 1. The van der Waals surface area contributed by atoms with Crippen molar-refractivity contribution in [3.63, 3.8) is 0 Å². The molecule has 0 aromatic heterocycles. The van der Waals surface area contributed by atoms with E-state index in [1.165, 1.54) is 34.3 Å². The second-order valence-electron chi connectivity index (χ2n) is 9.45. The van der Waals surface area contributed by atoms with Gasteiger partial charge in [-0.3, -0.25) is 4.79 Å². The van der Waals surface area contributed by atoms with E-state index in [2.05, 4.69) is 23.5 Å². The highest BCUT2D eigenvalue weighted by molar-refractivity contribution is 7.89. The van der Waals surface area contributed by atoms with Gasteiger partial charge in [0.15, 0.2) is 11.5 Å². The molecule has 1 fully saturated rings. The number of aryl methyl sites for hydroxylation is 2. The second-order valence-corrected chi connectivity index (χ2v) is 11.4. The fourth-order valence-electron chi connectivity index (χ4n) is 5.13. The van der Waals surface area contributed by atoms with Crippen LogP contribution in [0.1, 0.15) is 55.3 Å². The molecule has 1 unspecified atom stereocenters. The van der Waals surface area contributed by atoms with Gasteiger partial charge in [-0.25, -0.2) is 8.42 Å². The van der Waals surface area contributed by atoms with Crippen molar-refractivity contribution in [1.82, 2.24) is 9.62 Å². The van der Waals surface area contributed by atoms with E-state index in [-0.39, 0.29) is 22.8 Å². The molecule has 2 heterocycles. The van der Waals surface area contributed by atoms with Crippen LogP contribution in [-0.2, 0) is 27.7 Å². The van der Waals surface area contributed by atoms with Crippen molar-refractivity contribution in [3.05, 3.63) is 53.1 Å². The third-order valence-corrected chi connectivity index (χ3v) is 9.10. The number of benzene rings is 2. The summed E-state index contributed by atoms with van der Waals surface area (Å²) in [5.74, 6) is 0.833. The fraction of sp³-hybridized carbons (Fsp3) is 0.500. The summed E-state index contributed by atoms with van der Waals surface area (Å²) in [7, 11) is -3.65. The van der Waals surface area contributed by atoms with Crippen molar-refractivity contribution in [2.75, 3.05) is 26.3 Å². The Morgan fingerprint density at radius 2 is 1.68 bits per heavy atom. The standard InChI is InChI=1S/C26H32N2O5S/c1-18(21-7-6-19-4-2-3-5-22(19)16-21)27-26(29)20-10-12-28(13-11-20)34(30,31)23-8-9-24-25(17-23)33-15-14-32-24/h6-9,16-18,20H,2-5,10-15H2,1H3,(H,27,29). The Balaban J connectivity index is 1.19. The Hall–Kier alpha value is -2.58. The van der Waals surface area contributed by atoms with Gasteiger partial charge in [-0.15, -0.1) is 0 Å². The summed E-state index contributed by atoms with van der Waals surface area (Å²) in [5, 5.41) is 3.15. The summed E-state index contributed by atoms with van der Waals surface area (Å²) < 4.78 is 38.8. The van der Waals surface area contributed by atoms with Crippen molar-refractivity contribution in [1.29, 1.82) is 0 Å². The van der Waals surface area contributed by atoms with Crippen molar-refractivity contribution in [2.45, 2.75) is 56.4 Å². The number of hydrogen-bond donors (Lipinski definition) is 1. The Morgan fingerprint density at radius 1 is 0.971 bits per heavy atom. The molecule has 1 saturated heterocycles. The van der Waals surface area contributed by atoms with Gasteiger partial charge in [0.05, 0.1) is 10.9 Å². The molecule has 0 bridgehead atoms. The van der Waals surface area contributed by atoms with Gasteiger partial charge in [0.25, 0.3) is 0 Å². The molecule has 8 heteroatoms. The zero-order chi connectivity index (χ0) is 23.7. The number of nitrogens with zero attached hydrogens (tertiary/aromatic N) is 1. The number of hydrogen-bond acceptors (Lipinski definition) is 5. The smallest absolute Gasteiger partial charge is 0.243 e. The normalized spacial score (nSPS) is 19.8. The molecule has 2 aromatic carbocycles. The molecule has 5 rings (SSSR count). The van der Waals surface area contributed by atoms with Gasteiger partial charge in [0, 0.05) is 25.1 Å². The molecule has 1 N–H and O–H groups in total. The molecule has 1 amide bonds. The van der Waals surface area contributed by atoms with E-state index >= 15 is 0 Å². The summed E-state index contributed by atoms with van der Waals surface area (Å²) in [4.78, 5) is 13.1. The predicted molar refractivity (Wildman–Crippen MR) is 129 cm³/mol. The molecular formula is C26H32N2O5S. The van der Waals surface area contributed by atoms with Crippen molar-refractivity contribution < 1.29 is 22.7 Å². The van der Waals surface area contributed by atoms with Crippen LogP contribution in [-0.4, -0.2) is 44.9 Å². The van der Waals surface area contributed by atoms with Crippen molar-refractivity contribution >= 4 is 15.9 Å². The first kappa shape index (κ1) is 23.2. The van der Waals surface area contributed by atoms with Crippen LogP contribution in [0.25, 0.3) is 0 Å². The lowest BCUT2D eigenvalue weighted by molar-refractivity contribution is -0.126. The first-order valence-electron chi connectivity index (χ1n) is 12.2. The Morgan fingerprint density at radius 3 is 2.44 bits per heavy atom. The van der Waals surface area contributed by atoms with Crippen LogP contribution in [0.5, 0.6) is 11.5 Å². The number of carbonyl (C=O) groups is 1. The van der Waals surface area contributed by atoms with Gasteiger partial charge in [-0.2, -0.15) is 4.31 Å². The van der Waals surface area contributed by atoms with E-state index in [1.54, 1.807) is 12.1 Å². The highest BCUT2D eigenvalue weighted by Crippen LogP contribution is 2.34. The number of fused-ring (bicyclic) bond motifs is 2. The van der Waals surface area contributed by atoms with Crippen LogP contribution < -0.4 is 14.8 Å². The topological polar surface area (TPSA) is 84.9 Å². The molecule has 34 heavy (non-hydrogen) atoms. The Bertz CT molecular complexity index is 1170. The number of ether oxygens (including phenoxy) is 2. The molecule has 0 spiro atoms. The van der Waals surface area contributed by atoms with E-state index in [0.29, 0.717) is 50.6 Å². The summed E-state index contributed by atoms with van der Waals surface area (Å²) >= 11 is 0. The first-order chi connectivity index (χ1) is 16.4. The lowest BCUT2D eigenvalue weighted by Crippen LogP contribution is -2.43. The maximum absolute atomic E-state index is 13.2. The third kappa shape index (κ3) is 4.66. The fourth-order valence-corrected chi connectivity index (χ4v) is 6.61. The average Bonchev–Trinajstić information content (AvgIpc) is 2.88. The SMILES string of the molecule is CC(NC(=O)C1CCN(S(=O)(=O)c2ccc3c(c2)OCCO3)CC1)c1ccc2c(c1)CCCC2. The van der Waals surface area contributed by atoms with Crippen LogP contribution >= 0.6 is 0 Å². The quantitative estimate of drug-likeness (QED) is 0.701.